The Bertz CT molecular complexity index is 1770. The SMILES string of the molecule is NC(=O)C1(C(F)F)COc2c1cc(C(O)(CNC(=O)c1cc(F)c3nc(N)sc3c1)C(F)(F)F)nc2-c1ccc(F)cc1. The van der Waals surface area contributed by atoms with Crippen molar-refractivity contribution >= 4 is 38.5 Å². The number of alkyl halides is 5. The first-order valence-electron chi connectivity index (χ1n) is 12.0. The molecule has 0 saturated heterocycles. The van der Waals surface area contributed by atoms with Crippen LogP contribution in [0.25, 0.3) is 21.5 Å². The summed E-state index contributed by atoms with van der Waals surface area (Å²) in [5.74, 6) is -5.15. The molecule has 2 unspecified atom stereocenters. The van der Waals surface area contributed by atoms with Gasteiger partial charge in [0.15, 0.2) is 16.4 Å². The molecule has 0 radical (unpaired) electrons. The second-order valence-corrected chi connectivity index (χ2v) is 10.6. The Kier molecular flexibility index (Phi) is 7.20. The Labute approximate surface area is 240 Å². The number of nitrogens with two attached hydrogens (primary N) is 2. The van der Waals surface area contributed by atoms with Crippen LogP contribution < -0.4 is 21.5 Å². The quantitative estimate of drug-likeness (QED) is 0.227. The number of aromatic nitrogens is 2. The maximum atomic E-state index is 14.5. The van der Waals surface area contributed by atoms with Crippen molar-refractivity contribution in [3.63, 3.8) is 0 Å². The van der Waals surface area contributed by atoms with Crippen LogP contribution in [-0.4, -0.2) is 52.6 Å². The molecule has 226 valence electrons. The van der Waals surface area contributed by atoms with Crippen molar-refractivity contribution in [2.45, 2.75) is 23.6 Å². The van der Waals surface area contributed by atoms with E-state index in [0.717, 1.165) is 41.7 Å². The predicted octanol–water partition coefficient (Wildman–Crippen LogP) is 3.78. The van der Waals surface area contributed by atoms with E-state index in [2.05, 4.69) is 9.97 Å². The summed E-state index contributed by atoms with van der Waals surface area (Å²) in [5.41, 5.74) is 0.444. The number of anilines is 1. The van der Waals surface area contributed by atoms with E-state index < -0.39 is 88.5 Å². The number of ether oxygens (including phenoxy) is 1. The van der Waals surface area contributed by atoms with Crippen LogP contribution in [0.2, 0.25) is 0 Å². The van der Waals surface area contributed by atoms with Gasteiger partial charge >= 0.3 is 6.18 Å². The smallest absolute Gasteiger partial charge is 0.424 e. The number of hydrogen-bond donors (Lipinski definition) is 4. The van der Waals surface area contributed by atoms with Crippen LogP contribution >= 0.6 is 11.3 Å². The van der Waals surface area contributed by atoms with E-state index in [0.29, 0.717) is 12.1 Å². The van der Waals surface area contributed by atoms with Crippen molar-refractivity contribution < 1.29 is 50.2 Å². The molecule has 5 rings (SSSR count). The molecule has 6 N–H and O–H groups in total. The minimum Gasteiger partial charge on any atom is -0.489 e. The van der Waals surface area contributed by atoms with E-state index in [-0.39, 0.29) is 20.9 Å². The number of nitrogen functional groups attached to an aromatic ring is 1. The molecule has 0 aliphatic carbocycles. The minimum absolute atomic E-state index is 0.0302. The number of thiazole rings is 1. The lowest BCUT2D eigenvalue weighted by atomic mass is 9.80. The first kappa shape index (κ1) is 30.0. The van der Waals surface area contributed by atoms with E-state index in [4.69, 9.17) is 16.2 Å². The van der Waals surface area contributed by atoms with Crippen LogP contribution in [0.15, 0.2) is 42.5 Å². The number of amides is 2. The highest BCUT2D eigenvalue weighted by Crippen LogP contribution is 2.49. The van der Waals surface area contributed by atoms with E-state index >= 15 is 0 Å². The lowest BCUT2D eigenvalue weighted by molar-refractivity contribution is -0.265. The predicted molar refractivity (Wildman–Crippen MR) is 138 cm³/mol. The Balaban J connectivity index is 1.63. The van der Waals surface area contributed by atoms with Crippen LogP contribution in [0.4, 0.5) is 35.9 Å². The molecule has 1 aliphatic rings. The monoisotopic (exact) mass is 629 g/mol. The van der Waals surface area contributed by atoms with Gasteiger partial charge in [-0.05, 0) is 42.5 Å². The van der Waals surface area contributed by atoms with E-state index in [1.165, 1.54) is 0 Å². The molecule has 2 amide bonds. The maximum Gasteiger partial charge on any atom is 0.424 e. The van der Waals surface area contributed by atoms with Gasteiger partial charge in [0, 0.05) is 16.7 Å². The lowest BCUT2D eigenvalue weighted by Gasteiger charge is -2.32. The Morgan fingerprint density at radius 3 is 2.40 bits per heavy atom. The molecule has 0 bridgehead atoms. The molecule has 43 heavy (non-hydrogen) atoms. The molecular weight excluding hydrogens is 611 g/mol. The summed E-state index contributed by atoms with van der Waals surface area (Å²) < 4.78 is 106. The molecule has 2 aromatic carbocycles. The van der Waals surface area contributed by atoms with Crippen LogP contribution in [0, 0.1) is 11.6 Å². The molecule has 9 nitrogen and oxygen atoms in total. The summed E-state index contributed by atoms with van der Waals surface area (Å²) in [6.45, 7) is -2.69. The van der Waals surface area contributed by atoms with Crippen molar-refractivity contribution in [1.29, 1.82) is 0 Å². The Morgan fingerprint density at radius 1 is 1.12 bits per heavy atom. The van der Waals surface area contributed by atoms with E-state index in [9.17, 15) is 45.4 Å². The summed E-state index contributed by atoms with van der Waals surface area (Å²) >= 11 is 0.812. The molecule has 0 saturated carbocycles. The normalized spacial score (nSPS) is 17.9. The van der Waals surface area contributed by atoms with Gasteiger partial charge < -0.3 is 26.6 Å². The molecule has 0 fully saturated rings. The number of halogens is 7. The van der Waals surface area contributed by atoms with Crippen molar-refractivity contribution in [3.8, 4) is 17.0 Å². The largest absolute Gasteiger partial charge is 0.489 e. The van der Waals surface area contributed by atoms with Gasteiger partial charge in [-0.1, -0.05) is 11.3 Å². The number of carbonyl (C=O) groups excluding carboxylic acids is 2. The molecule has 2 atom stereocenters. The highest BCUT2D eigenvalue weighted by atomic mass is 32.1. The zero-order chi connectivity index (χ0) is 31.5. The van der Waals surface area contributed by atoms with Gasteiger partial charge in [0.25, 0.3) is 12.3 Å². The first-order chi connectivity index (χ1) is 20.1. The third-order valence-corrected chi connectivity index (χ3v) is 7.78. The van der Waals surface area contributed by atoms with Crippen LogP contribution in [0.3, 0.4) is 0 Å². The maximum absolute atomic E-state index is 14.5. The summed E-state index contributed by atoms with van der Waals surface area (Å²) in [5, 5.41) is 12.9. The summed E-state index contributed by atoms with van der Waals surface area (Å²) in [7, 11) is 0. The summed E-state index contributed by atoms with van der Waals surface area (Å²) in [4.78, 5) is 32.7. The topological polar surface area (TPSA) is 153 Å². The van der Waals surface area contributed by atoms with Gasteiger partial charge in [-0.15, -0.1) is 0 Å². The molecular formula is C26H18F7N5O4S. The average Bonchev–Trinajstić information content (AvgIpc) is 3.52. The zero-order valence-electron chi connectivity index (χ0n) is 21.3. The van der Waals surface area contributed by atoms with Crippen molar-refractivity contribution in [2.24, 2.45) is 5.73 Å². The van der Waals surface area contributed by atoms with E-state index in [1.807, 2.05) is 5.32 Å². The molecule has 3 heterocycles. The number of nitrogens with one attached hydrogen (secondary N) is 1. The number of primary amides is 1. The lowest BCUT2D eigenvalue weighted by Crippen LogP contribution is -2.52. The van der Waals surface area contributed by atoms with Gasteiger partial charge in [-0.2, -0.15) is 13.2 Å². The number of benzene rings is 2. The highest BCUT2D eigenvalue weighted by Gasteiger charge is 2.59. The summed E-state index contributed by atoms with van der Waals surface area (Å²) in [6.07, 6.45) is -9.17. The fraction of sp³-hybridized carbons (Fsp3) is 0.231. The van der Waals surface area contributed by atoms with Crippen LogP contribution in [0.1, 0.15) is 21.6 Å². The highest BCUT2D eigenvalue weighted by molar-refractivity contribution is 7.22. The third-order valence-electron chi connectivity index (χ3n) is 6.95. The number of pyridine rings is 1. The van der Waals surface area contributed by atoms with Crippen molar-refractivity contribution in [2.75, 3.05) is 18.9 Å². The van der Waals surface area contributed by atoms with E-state index in [1.54, 1.807) is 0 Å². The number of carbonyl (C=O) groups is 2. The Hall–Kier alpha value is -4.51. The first-order valence-corrected chi connectivity index (χ1v) is 12.9. The minimum atomic E-state index is -5.61. The van der Waals surface area contributed by atoms with Gasteiger partial charge in [0.1, 0.15) is 29.4 Å². The fourth-order valence-electron chi connectivity index (χ4n) is 4.56. The molecule has 1 aliphatic heterocycles. The van der Waals surface area contributed by atoms with Gasteiger partial charge in [0.2, 0.25) is 11.5 Å². The van der Waals surface area contributed by atoms with Gasteiger partial charge in [-0.25, -0.2) is 27.5 Å². The number of aliphatic hydroxyl groups is 1. The average molecular weight is 630 g/mol. The molecule has 17 heteroatoms. The fourth-order valence-corrected chi connectivity index (χ4v) is 5.35. The number of fused-ring (bicyclic) bond motifs is 2. The molecule has 0 spiro atoms. The summed E-state index contributed by atoms with van der Waals surface area (Å²) in [6, 6.07) is 6.15. The second-order valence-electron chi connectivity index (χ2n) is 9.56. The van der Waals surface area contributed by atoms with Crippen molar-refractivity contribution in [1.82, 2.24) is 15.3 Å². The third kappa shape index (κ3) is 4.87. The standard InChI is InChI=1S/C26H18F7N5O4S/c27-12-3-1-10(2-4-12)17-19-13(24(9-42-19,21(29)30)22(34)40)7-16(37-17)25(41,26(31,32)33)8-36-20(39)11-5-14(28)18-15(6-11)43-23(35)38-18/h1-7,21,41H,8-9H2,(H2,34,40)(H2,35,38)(H,36,39). The zero-order valence-corrected chi connectivity index (χ0v) is 22.1. The second kappa shape index (κ2) is 10.3. The van der Waals surface area contributed by atoms with Crippen LogP contribution in [0.5, 0.6) is 5.75 Å². The van der Waals surface area contributed by atoms with Crippen LogP contribution in [-0.2, 0) is 15.8 Å². The number of nitrogens with zero attached hydrogens (tertiary/aromatic N) is 2. The number of hydrogen-bond acceptors (Lipinski definition) is 8. The molecule has 2 aromatic heterocycles. The van der Waals surface area contributed by atoms with Crippen molar-refractivity contribution in [3.05, 3.63) is 70.9 Å². The van der Waals surface area contributed by atoms with Gasteiger partial charge in [-0.3, -0.25) is 9.59 Å². The molecule has 4 aromatic rings. The Morgan fingerprint density at radius 2 is 1.79 bits per heavy atom. The number of rotatable bonds is 7. The van der Waals surface area contributed by atoms with Gasteiger partial charge in [0.05, 0.1) is 16.9 Å².